The molecule has 2 rings (SSSR count). The number of hydrogen-bond acceptors (Lipinski definition) is 2. The molecule has 3 nitrogen and oxygen atoms in total. The van der Waals surface area contributed by atoms with E-state index in [4.69, 9.17) is 0 Å². The number of allylic oxidation sites excluding steroid dienone is 1. The molecule has 0 spiro atoms. The van der Waals surface area contributed by atoms with Gasteiger partial charge in [0.2, 0.25) is 0 Å². The topological polar surface area (TPSA) is 42.0 Å². The van der Waals surface area contributed by atoms with Gasteiger partial charge in [0.05, 0.1) is 0 Å². The Morgan fingerprint density at radius 2 is 1.81 bits per heavy atom. The third-order valence-corrected chi connectivity index (χ3v) is 3.05. The lowest BCUT2D eigenvalue weighted by Gasteiger charge is -2.05. The average molecular weight is 280 g/mol. The van der Waals surface area contributed by atoms with Gasteiger partial charge in [0.25, 0.3) is 5.91 Å². The van der Waals surface area contributed by atoms with Gasteiger partial charge in [0, 0.05) is 24.5 Å². The minimum atomic E-state index is -0.0637. The van der Waals surface area contributed by atoms with Crippen molar-refractivity contribution in [3.63, 3.8) is 0 Å². The second kappa shape index (κ2) is 7.39. The predicted octanol–water partition coefficient (Wildman–Crippen LogP) is 3.68. The molecule has 0 aliphatic carbocycles. The summed E-state index contributed by atoms with van der Waals surface area (Å²) >= 11 is 0. The molecular formula is C18H20N2O. The molecule has 0 unspecified atom stereocenters. The van der Waals surface area contributed by atoms with Crippen LogP contribution in [0.2, 0.25) is 0 Å². The van der Waals surface area contributed by atoms with Crippen molar-refractivity contribution < 1.29 is 4.79 Å². The Hall–Kier alpha value is -2.42. The van der Waals surface area contributed by atoms with Gasteiger partial charge in [0.1, 0.15) is 0 Å². The Morgan fingerprint density at radius 3 is 2.43 bits per heavy atom. The highest BCUT2D eigenvalue weighted by atomic mass is 16.1. The van der Waals surface area contributed by atoms with E-state index in [2.05, 4.69) is 36.3 Å². The molecule has 0 saturated heterocycles. The minimum Gasteiger partial charge on any atom is -0.348 e. The van der Waals surface area contributed by atoms with Crippen LogP contribution < -0.4 is 5.32 Å². The minimum absolute atomic E-state index is 0.0637. The van der Waals surface area contributed by atoms with Crippen LogP contribution in [0.25, 0.3) is 6.08 Å². The number of benzene rings is 1. The predicted molar refractivity (Wildman–Crippen MR) is 85.7 cm³/mol. The lowest BCUT2D eigenvalue weighted by Crippen LogP contribution is -2.22. The molecule has 21 heavy (non-hydrogen) atoms. The first-order valence-corrected chi connectivity index (χ1v) is 7.10. The van der Waals surface area contributed by atoms with Crippen LogP contribution in [0.3, 0.4) is 0 Å². The van der Waals surface area contributed by atoms with Gasteiger partial charge in [-0.05, 0) is 41.3 Å². The molecule has 3 heteroatoms. The van der Waals surface area contributed by atoms with E-state index in [1.165, 1.54) is 0 Å². The summed E-state index contributed by atoms with van der Waals surface area (Å²) in [5.41, 5.74) is 2.81. The van der Waals surface area contributed by atoms with Crippen LogP contribution in [0, 0.1) is 5.92 Å². The molecule has 0 fully saturated rings. The second-order valence-corrected chi connectivity index (χ2v) is 5.26. The smallest absolute Gasteiger partial charge is 0.251 e. The maximum atomic E-state index is 12.1. The van der Waals surface area contributed by atoms with Gasteiger partial charge in [-0.25, -0.2) is 0 Å². The number of nitrogens with zero attached hydrogens (tertiary/aromatic N) is 1. The molecule has 0 aliphatic rings. The van der Waals surface area contributed by atoms with E-state index < -0.39 is 0 Å². The molecule has 1 heterocycles. The lowest BCUT2D eigenvalue weighted by atomic mass is 10.1. The number of amides is 1. The van der Waals surface area contributed by atoms with Gasteiger partial charge in [-0.2, -0.15) is 0 Å². The van der Waals surface area contributed by atoms with Crippen molar-refractivity contribution in [1.29, 1.82) is 0 Å². The van der Waals surface area contributed by atoms with Crippen LogP contribution in [-0.2, 0) is 6.54 Å². The summed E-state index contributed by atoms with van der Waals surface area (Å²) in [6, 6.07) is 11.4. The molecule has 0 atom stereocenters. The Kier molecular flexibility index (Phi) is 5.27. The molecule has 1 aromatic heterocycles. The molecule has 2 aromatic rings. The van der Waals surface area contributed by atoms with E-state index in [1.807, 2.05) is 36.4 Å². The highest BCUT2D eigenvalue weighted by Crippen LogP contribution is 2.08. The Labute approximate surface area is 125 Å². The van der Waals surface area contributed by atoms with Gasteiger partial charge in [-0.3, -0.25) is 9.78 Å². The summed E-state index contributed by atoms with van der Waals surface area (Å²) in [7, 11) is 0. The second-order valence-electron chi connectivity index (χ2n) is 5.26. The normalized spacial score (nSPS) is 11.0. The standard InChI is InChI=1S/C18H20N2O/c1-14(2)3-4-15-5-7-17(8-6-15)18(21)20-13-16-9-11-19-12-10-16/h3-12,14H,13H2,1-2H3,(H,20,21)/b4-3+. The first-order valence-electron chi connectivity index (χ1n) is 7.10. The highest BCUT2D eigenvalue weighted by Gasteiger charge is 2.04. The first-order chi connectivity index (χ1) is 10.1. The van der Waals surface area contributed by atoms with Crippen molar-refractivity contribution in [2.24, 2.45) is 5.92 Å². The molecule has 0 bridgehead atoms. The number of hydrogen-bond donors (Lipinski definition) is 1. The molecule has 1 aromatic carbocycles. The van der Waals surface area contributed by atoms with Gasteiger partial charge >= 0.3 is 0 Å². The molecule has 108 valence electrons. The van der Waals surface area contributed by atoms with Crippen molar-refractivity contribution in [3.8, 4) is 0 Å². The summed E-state index contributed by atoms with van der Waals surface area (Å²) in [4.78, 5) is 16.0. The van der Waals surface area contributed by atoms with Gasteiger partial charge < -0.3 is 5.32 Å². The monoisotopic (exact) mass is 280 g/mol. The number of carbonyl (C=O) groups is 1. The Balaban J connectivity index is 1.94. The van der Waals surface area contributed by atoms with E-state index in [9.17, 15) is 4.79 Å². The summed E-state index contributed by atoms with van der Waals surface area (Å²) in [5, 5.41) is 2.90. The zero-order chi connectivity index (χ0) is 15.1. The molecule has 0 aliphatic heterocycles. The Bertz CT molecular complexity index is 601. The summed E-state index contributed by atoms with van der Waals surface area (Å²) in [6.45, 7) is 4.78. The number of rotatable bonds is 5. The van der Waals surface area contributed by atoms with Crippen molar-refractivity contribution in [1.82, 2.24) is 10.3 Å². The summed E-state index contributed by atoms with van der Waals surface area (Å²) in [6.07, 6.45) is 7.65. The maximum Gasteiger partial charge on any atom is 0.251 e. The van der Waals surface area contributed by atoms with Crippen molar-refractivity contribution in [2.75, 3.05) is 0 Å². The number of carbonyl (C=O) groups excluding carboxylic acids is 1. The third kappa shape index (κ3) is 4.88. The molecule has 1 N–H and O–H groups in total. The molecule has 1 amide bonds. The van der Waals surface area contributed by atoms with E-state index in [1.54, 1.807) is 12.4 Å². The zero-order valence-electron chi connectivity index (χ0n) is 12.4. The molecule has 0 radical (unpaired) electrons. The number of aromatic nitrogens is 1. The zero-order valence-corrected chi connectivity index (χ0v) is 12.4. The summed E-state index contributed by atoms with van der Waals surface area (Å²) in [5.74, 6) is 0.458. The van der Waals surface area contributed by atoms with E-state index >= 15 is 0 Å². The van der Waals surface area contributed by atoms with Crippen molar-refractivity contribution in [2.45, 2.75) is 20.4 Å². The molecular weight excluding hydrogens is 260 g/mol. The van der Waals surface area contributed by atoms with Crippen LogP contribution in [0.15, 0.2) is 54.9 Å². The quantitative estimate of drug-likeness (QED) is 0.907. The lowest BCUT2D eigenvalue weighted by molar-refractivity contribution is 0.0951. The fourth-order valence-electron chi connectivity index (χ4n) is 1.83. The van der Waals surface area contributed by atoms with Crippen LogP contribution in [0.4, 0.5) is 0 Å². The highest BCUT2D eigenvalue weighted by molar-refractivity contribution is 5.94. The van der Waals surface area contributed by atoms with Crippen LogP contribution in [0.5, 0.6) is 0 Å². The third-order valence-electron chi connectivity index (χ3n) is 3.05. The molecule has 0 saturated carbocycles. The van der Waals surface area contributed by atoms with Gasteiger partial charge in [-0.15, -0.1) is 0 Å². The SMILES string of the molecule is CC(C)/C=C/c1ccc(C(=O)NCc2ccncc2)cc1. The van der Waals surface area contributed by atoms with Crippen molar-refractivity contribution >= 4 is 12.0 Å². The van der Waals surface area contributed by atoms with Crippen molar-refractivity contribution in [3.05, 3.63) is 71.6 Å². The Morgan fingerprint density at radius 1 is 1.14 bits per heavy atom. The van der Waals surface area contributed by atoms with Crippen LogP contribution >= 0.6 is 0 Å². The fourth-order valence-corrected chi connectivity index (χ4v) is 1.83. The summed E-state index contributed by atoms with van der Waals surface area (Å²) < 4.78 is 0. The van der Waals surface area contributed by atoms with Gasteiger partial charge in [0.15, 0.2) is 0 Å². The van der Waals surface area contributed by atoms with Gasteiger partial charge in [-0.1, -0.05) is 38.1 Å². The average Bonchev–Trinajstić information content (AvgIpc) is 2.52. The number of pyridine rings is 1. The maximum absolute atomic E-state index is 12.1. The largest absolute Gasteiger partial charge is 0.348 e. The first kappa shape index (κ1) is 15.0. The van der Waals surface area contributed by atoms with E-state index in [0.717, 1.165) is 11.1 Å². The number of nitrogens with one attached hydrogen (secondary N) is 1. The van der Waals surface area contributed by atoms with Crippen LogP contribution in [0.1, 0.15) is 35.3 Å². The fraction of sp³-hybridized carbons (Fsp3) is 0.222. The van der Waals surface area contributed by atoms with E-state index in [-0.39, 0.29) is 5.91 Å². The van der Waals surface area contributed by atoms with E-state index in [0.29, 0.717) is 18.0 Å². The van der Waals surface area contributed by atoms with Crippen LogP contribution in [-0.4, -0.2) is 10.9 Å².